The molecule has 2 N–H and O–H groups in total. The number of hydrogen-bond acceptors (Lipinski definition) is 4. The number of pyridine rings is 1. The van der Waals surface area contributed by atoms with E-state index in [1.54, 1.807) is 32.9 Å². The van der Waals surface area contributed by atoms with E-state index in [9.17, 15) is 9.59 Å². The third kappa shape index (κ3) is 6.06. The first-order valence-electron chi connectivity index (χ1n) is 8.51. The lowest BCUT2D eigenvalue weighted by molar-refractivity contribution is -0.120. The van der Waals surface area contributed by atoms with E-state index >= 15 is 0 Å². The number of aromatic nitrogens is 1. The summed E-state index contributed by atoms with van der Waals surface area (Å²) >= 11 is 3.39. The minimum atomic E-state index is -0.714. The predicted molar refractivity (Wildman–Crippen MR) is 110 cm³/mol. The Morgan fingerprint density at radius 3 is 2.11 bits per heavy atom. The Balaban J connectivity index is 2.02. The number of carbonyl (C=O) groups is 2. The average Bonchev–Trinajstić information content (AvgIpc) is 2.55. The Morgan fingerprint density at radius 1 is 0.963 bits per heavy atom. The van der Waals surface area contributed by atoms with Gasteiger partial charge in [0.1, 0.15) is 11.4 Å². The number of nitrogens with zero attached hydrogens (tertiary/aromatic N) is 1. The molecule has 0 aliphatic heterocycles. The highest BCUT2D eigenvalue weighted by Crippen LogP contribution is 2.26. The van der Waals surface area contributed by atoms with Crippen molar-refractivity contribution in [2.45, 2.75) is 45.6 Å². The number of carbonyl (C=O) groups excluding carboxylic acids is 2. The highest BCUT2D eigenvalue weighted by molar-refractivity contribution is 9.10. The molecule has 2 amide bonds. The zero-order valence-corrected chi connectivity index (χ0v) is 17.7. The Labute approximate surface area is 167 Å². The van der Waals surface area contributed by atoms with Crippen molar-refractivity contribution >= 4 is 39.4 Å². The highest BCUT2D eigenvalue weighted by Gasteiger charge is 2.29. The van der Waals surface area contributed by atoms with Crippen LogP contribution in [-0.2, 0) is 14.9 Å². The molecular formula is C20H24BrN3O3. The van der Waals surface area contributed by atoms with Gasteiger partial charge in [0, 0.05) is 4.47 Å². The molecule has 0 atom stereocenters. The van der Waals surface area contributed by atoms with E-state index in [1.807, 2.05) is 38.1 Å². The van der Waals surface area contributed by atoms with Gasteiger partial charge >= 0.3 is 6.09 Å². The number of rotatable bonds is 4. The molecule has 0 spiro atoms. The zero-order valence-electron chi connectivity index (χ0n) is 16.1. The van der Waals surface area contributed by atoms with Gasteiger partial charge in [0.05, 0.1) is 17.3 Å². The fraction of sp³-hybridized carbons (Fsp3) is 0.350. The first-order valence-corrected chi connectivity index (χ1v) is 9.30. The Morgan fingerprint density at radius 2 is 1.59 bits per heavy atom. The summed E-state index contributed by atoms with van der Waals surface area (Å²) in [5, 5.41) is 5.41. The minimum Gasteiger partial charge on any atom is -0.444 e. The molecule has 144 valence electrons. The first-order chi connectivity index (χ1) is 12.5. The van der Waals surface area contributed by atoms with Crippen LogP contribution in [-0.4, -0.2) is 22.6 Å². The van der Waals surface area contributed by atoms with Crippen LogP contribution in [0.5, 0.6) is 0 Å². The summed E-state index contributed by atoms with van der Waals surface area (Å²) in [6.45, 7) is 9.07. The van der Waals surface area contributed by atoms with Crippen molar-refractivity contribution in [1.82, 2.24) is 4.98 Å². The van der Waals surface area contributed by atoms with Gasteiger partial charge in [-0.3, -0.25) is 10.1 Å². The van der Waals surface area contributed by atoms with Gasteiger partial charge in [-0.1, -0.05) is 28.1 Å². The van der Waals surface area contributed by atoms with Crippen LogP contribution in [0.15, 0.2) is 47.1 Å². The lowest BCUT2D eigenvalue weighted by atomic mass is 9.83. The first kappa shape index (κ1) is 20.9. The standard InChI is InChI=1S/C20H24BrN3O3/c1-19(2,3)27-18(26)24-16-11-10-15(12-22-16)23-17(25)20(4,5)13-6-8-14(21)9-7-13/h6-12H,1-5H3,(H,23,25)(H,22,24,26). The lowest BCUT2D eigenvalue weighted by Gasteiger charge is -2.24. The quantitative estimate of drug-likeness (QED) is 0.701. The third-order valence-corrected chi connectivity index (χ3v) is 4.31. The van der Waals surface area contributed by atoms with Gasteiger partial charge in [-0.05, 0) is 64.4 Å². The molecule has 27 heavy (non-hydrogen) atoms. The number of halogens is 1. The Hall–Kier alpha value is -2.41. The second kappa shape index (κ2) is 8.08. The summed E-state index contributed by atoms with van der Waals surface area (Å²) in [5.74, 6) is 0.189. The summed E-state index contributed by atoms with van der Waals surface area (Å²) in [6.07, 6.45) is 0.908. The van der Waals surface area contributed by atoms with E-state index in [-0.39, 0.29) is 5.91 Å². The number of ether oxygens (including phenoxy) is 1. The smallest absolute Gasteiger partial charge is 0.413 e. The summed E-state index contributed by atoms with van der Waals surface area (Å²) in [6, 6.07) is 10.9. The number of benzene rings is 1. The van der Waals surface area contributed by atoms with Gasteiger partial charge in [-0.2, -0.15) is 0 Å². The molecular weight excluding hydrogens is 410 g/mol. The molecule has 0 saturated carbocycles. The molecule has 1 aromatic carbocycles. The molecule has 0 bridgehead atoms. The van der Waals surface area contributed by atoms with Gasteiger partial charge < -0.3 is 10.1 Å². The summed E-state index contributed by atoms with van der Waals surface area (Å²) < 4.78 is 6.13. The van der Waals surface area contributed by atoms with Crippen LogP contribution < -0.4 is 10.6 Å². The molecule has 1 aromatic heterocycles. The predicted octanol–water partition coefficient (Wildman–Crippen LogP) is 5.11. The molecule has 0 saturated heterocycles. The molecule has 2 aromatic rings. The van der Waals surface area contributed by atoms with Crippen LogP contribution in [0, 0.1) is 0 Å². The topological polar surface area (TPSA) is 80.3 Å². The van der Waals surface area contributed by atoms with Crippen molar-refractivity contribution in [2.75, 3.05) is 10.6 Å². The van der Waals surface area contributed by atoms with Crippen LogP contribution in [0.25, 0.3) is 0 Å². The summed E-state index contributed by atoms with van der Waals surface area (Å²) in [5.41, 5.74) is 0.143. The maximum Gasteiger partial charge on any atom is 0.413 e. The monoisotopic (exact) mass is 433 g/mol. The average molecular weight is 434 g/mol. The molecule has 0 unspecified atom stereocenters. The fourth-order valence-corrected chi connectivity index (χ4v) is 2.50. The van der Waals surface area contributed by atoms with E-state index in [1.165, 1.54) is 6.20 Å². The van der Waals surface area contributed by atoms with Crippen LogP contribution in [0.1, 0.15) is 40.2 Å². The number of anilines is 2. The maximum absolute atomic E-state index is 12.7. The zero-order chi connectivity index (χ0) is 20.2. The SMILES string of the molecule is CC(C)(C)OC(=O)Nc1ccc(NC(=O)C(C)(C)c2ccc(Br)cc2)cn1. The van der Waals surface area contributed by atoms with Crippen LogP contribution in [0.4, 0.5) is 16.3 Å². The van der Waals surface area contributed by atoms with E-state index in [2.05, 4.69) is 31.5 Å². The second-order valence-corrected chi connectivity index (χ2v) is 8.56. The van der Waals surface area contributed by atoms with Gasteiger partial charge in [0.2, 0.25) is 5.91 Å². The van der Waals surface area contributed by atoms with E-state index in [0.29, 0.717) is 11.5 Å². The van der Waals surface area contributed by atoms with Crippen molar-refractivity contribution in [3.05, 3.63) is 52.6 Å². The molecule has 0 radical (unpaired) electrons. The second-order valence-electron chi connectivity index (χ2n) is 7.65. The van der Waals surface area contributed by atoms with E-state index in [0.717, 1.165) is 10.0 Å². The molecule has 0 aliphatic carbocycles. The van der Waals surface area contributed by atoms with Gasteiger partial charge in [0.25, 0.3) is 0 Å². The van der Waals surface area contributed by atoms with Crippen molar-refractivity contribution in [1.29, 1.82) is 0 Å². The number of amides is 2. The number of nitrogens with one attached hydrogen (secondary N) is 2. The van der Waals surface area contributed by atoms with Gasteiger partial charge in [-0.15, -0.1) is 0 Å². The molecule has 7 heteroatoms. The molecule has 6 nitrogen and oxygen atoms in total. The van der Waals surface area contributed by atoms with Gasteiger partial charge in [-0.25, -0.2) is 9.78 Å². The van der Waals surface area contributed by atoms with Crippen molar-refractivity contribution in [3.8, 4) is 0 Å². The third-order valence-electron chi connectivity index (χ3n) is 3.78. The van der Waals surface area contributed by atoms with Crippen LogP contribution in [0.3, 0.4) is 0 Å². The Bertz CT molecular complexity index is 810. The summed E-state index contributed by atoms with van der Waals surface area (Å²) in [7, 11) is 0. The minimum absolute atomic E-state index is 0.153. The normalized spacial score (nSPS) is 11.6. The largest absolute Gasteiger partial charge is 0.444 e. The van der Waals surface area contributed by atoms with Crippen LogP contribution >= 0.6 is 15.9 Å². The maximum atomic E-state index is 12.7. The highest BCUT2D eigenvalue weighted by atomic mass is 79.9. The van der Waals surface area contributed by atoms with E-state index < -0.39 is 17.1 Å². The molecule has 2 rings (SSSR count). The molecule has 0 aliphatic rings. The molecule has 0 fully saturated rings. The fourth-order valence-electron chi connectivity index (χ4n) is 2.23. The Kier molecular flexibility index (Phi) is 6.26. The summed E-state index contributed by atoms with van der Waals surface area (Å²) in [4.78, 5) is 28.6. The number of hydrogen-bond donors (Lipinski definition) is 2. The molecule has 1 heterocycles. The van der Waals surface area contributed by atoms with Crippen molar-refractivity contribution in [3.63, 3.8) is 0 Å². The van der Waals surface area contributed by atoms with E-state index in [4.69, 9.17) is 4.74 Å². The van der Waals surface area contributed by atoms with Crippen LogP contribution in [0.2, 0.25) is 0 Å². The van der Waals surface area contributed by atoms with Crippen molar-refractivity contribution < 1.29 is 14.3 Å². The van der Waals surface area contributed by atoms with Gasteiger partial charge in [0.15, 0.2) is 0 Å². The van der Waals surface area contributed by atoms with Crippen molar-refractivity contribution in [2.24, 2.45) is 0 Å². The lowest BCUT2D eigenvalue weighted by Crippen LogP contribution is -2.34.